The van der Waals surface area contributed by atoms with Crippen molar-refractivity contribution in [2.45, 2.75) is 57.7 Å². The Morgan fingerprint density at radius 2 is 2.25 bits per heavy atom. The van der Waals surface area contributed by atoms with Gasteiger partial charge in [-0.3, -0.25) is 9.88 Å². The molecule has 2 aliphatic rings. The molecule has 1 aliphatic carbocycles. The zero-order valence-corrected chi connectivity index (χ0v) is 14.2. The number of likely N-dealkylation sites (tertiary alicyclic amines) is 1. The Hall–Kier alpha value is -1.79. The van der Waals surface area contributed by atoms with Gasteiger partial charge < -0.3 is 9.84 Å². The summed E-state index contributed by atoms with van der Waals surface area (Å²) in [7, 11) is 0. The second-order valence-corrected chi connectivity index (χ2v) is 7.03. The third kappa shape index (κ3) is 3.82. The molecule has 6 heteroatoms. The minimum Gasteiger partial charge on any atom is -0.339 e. The Morgan fingerprint density at radius 1 is 1.33 bits per heavy atom. The van der Waals surface area contributed by atoms with E-state index in [2.05, 4.69) is 38.3 Å². The van der Waals surface area contributed by atoms with Crippen LogP contribution >= 0.6 is 0 Å². The molecule has 1 N–H and O–H groups in total. The van der Waals surface area contributed by atoms with Crippen molar-refractivity contribution in [3.8, 4) is 0 Å². The number of piperidine rings is 1. The summed E-state index contributed by atoms with van der Waals surface area (Å²) < 4.78 is 5.37. The molecule has 4 rings (SSSR count). The van der Waals surface area contributed by atoms with E-state index in [4.69, 9.17) is 4.52 Å². The molecule has 0 aromatic carbocycles. The number of rotatable bonds is 6. The van der Waals surface area contributed by atoms with Crippen molar-refractivity contribution >= 4 is 0 Å². The van der Waals surface area contributed by atoms with Crippen molar-refractivity contribution < 1.29 is 4.52 Å². The minimum absolute atomic E-state index is 0.508. The Labute approximate surface area is 142 Å². The first-order chi connectivity index (χ1) is 11.8. The lowest BCUT2D eigenvalue weighted by Crippen LogP contribution is -2.45. The van der Waals surface area contributed by atoms with Crippen molar-refractivity contribution in [2.24, 2.45) is 0 Å². The number of aryl methyl sites for hydroxylation is 1. The second-order valence-electron chi connectivity index (χ2n) is 7.03. The third-order valence-corrected chi connectivity index (χ3v) is 4.98. The van der Waals surface area contributed by atoms with Gasteiger partial charge in [0.1, 0.15) is 0 Å². The van der Waals surface area contributed by atoms with Crippen LogP contribution in [0.3, 0.4) is 0 Å². The van der Waals surface area contributed by atoms with E-state index < -0.39 is 0 Å². The summed E-state index contributed by atoms with van der Waals surface area (Å²) in [5, 5.41) is 7.83. The molecule has 24 heavy (non-hydrogen) atoms. The van der Waals surface area contributed by atoms with Gasteiger partial charge in [0.2, 0.25) is 5.89 Å². The highest BCUT2D eigenvalue weighted by Gasteiger charge is 2.30. The molecular weight excluding hydrogens is 302 g/mol. The third-order valence-electron chi connectivity index (χ3n) is 4.98. The van der Waals surface area contributed by atoms with Gasteiger partial charge in [0.25, 0.3) is 0 Å². The van der Waals surface area contributed by atoms with Gasteiger partial charge in [0.15, 0.2) is 5.82 Å². The molecule has 128 valence electrons. The van der Waals surface area contributed by atoms with Crippen LogP contribution in [0.5, 0.6) is 0 Å². The molecule has 1 atom stereocenters. The Morgan fingerprint density at radius 3 is 3.08 bits per heavy atom. The van der Waals surface area contributed by atoms with Gasteiger partial charge in [-0.1, -0.05) is 11.2 Å². The largest absolute Gasteiger partial charge is 0.339 e. The van der Waals surface area contributed by atoms with Crippen molar-refractivity contribution in [1.29, 1.82) is 0 Å². The van der Waals surface area contributed by atoms with E-state index in [0.29, 0.717) is 12.0 Å². The van der Waals surface area contributed by atoms with E-state index in [1.807, 2.05) is 12.3 Å². The molecule has 3 heterocycles. The molecule has 1 saturated heterocycles. The molecule has 0 amide bonds. The zero-order chi connectivity index (χ0) is 16.4. The highest BCUT2D eigenvalue weighted by molar-refractivity contribution is 5.18. The van der Waals surface area contributed by atoms with E-state index in [1.165, 1.54) is 31.2 Å². The van der Waals surface area contributed by atoms with Crippen molar-refractivity contribution in [2.75, 3.05) is 13.1 Å². The summed E-state index contributed by atoms with van der Waals surface area (Å²) in [5.41, 5.74) is 2.39. The number of nitrogens with one attached hydrogen (secondary N) is 1. The number of aromatic nitrogens is 3. The lowest BCUT2D eigenvalue weighted by atomic mass is 10.0. The molecule has 2 aromatic heterocycles. The molecule has 0 bridgehead atoms. The Kier molecular flexibility index (Phi) is 4.58. The van der Waals surface area contributed by atoms with Crippen molar-refractivity contribution in [3.63, 3.8) is 0 Å². The molecule has 0 radical (unpaired) electrons. The first kappa shape index (κ1) is 15.7. The average molecular weight is 327 g/mol. The van der Waals surface area contributed by atoms with Crippen LogP contribution in [0, 0.1) is 6.92 Å². The minimum atomic E-state index is 0.508. The Balaban J connectivity index is 1.29. The highest BCUT2D eigenvalue weighted by Crippen LogP contribution is 2.38. The molecule has 1 saturated carbocycles. The summed E-state index contributed by atoms with van der Waals surface area (Å²) in [6.45, 7) is 5.88. The fourth-order valence-electron chi connectivity index (χ4n) is 3.35. The summed E-state index contributed by atoms with van der Waals surface area (Å²) in [4.78, 5) is 11.3. The van der Waals surface area contributed by atoms with Crippen LogP contribution in [0.2, 0.25) is 0 Å². The van der Waals surface area contributed by atoms with Crippen molar-refractivity contribution in [3.05, 3.63) is 41.3 Å². The predicted octanol–water partition coefficient (Wildman–Crippen LogP) is 2.40. The molecule has 0 unspecified atom stereocenters. The molecule has 6 nitrogen and oxygen atoms in total. The van der Waals surface area contributed by atoms with Gasteiger partial charge in [-0.25, -0.2) is 0 Å². The zero-order valence-electron chi connectivity index (χ0n) is 14.2. The number of hydrogen-bond donors (Lipinski definition) is 1. The van der Waals surface area contributed by atoms with Crippen LogP contribution in [-0.2, 0) is 13.1 Å². The molecule has 0 spiro atoms. The standard InChI is InChI=1S/C18H25N5O/c1-13-15(4-2-8-19-13)10-20-16-5-3-9-23(11-16)12-17-21-18(24-22-17)14-6-7-14/h2,4,8,14,16,20H,3,5-7,9-12H2,1H3/t16-/m0/s1. The Bertz CT molecular complexity index is 682. The molecule has 2 fully saturated rings. The number of pyridine rings is 1. The molecule has 2 aromatic rings. The van der Waals surface area contributed by atoms with Crippen LogP contribution in [-0.4, -0.2) is 39.2 Å². The van der Waals surface area contributed by atoms with Crippen LogP contribution in [0.1, 0.15) is 54.6 Å². The number of hydrogen-bond acceptors (Lipinski definition) is 6. The maximum atomic E-state index is 5.37. The maximum absolute atomic E-state index is 5.37. The first-order valence-electron chi connectivity index (χ1n) is 8.96. The van der Waals surface area contributed by atoms with Crippen LogP contribution in [0.4, 0.5) is 0 Å². The average Bonchev–Trinajstić information content (AvgIpc) is 3.35. The second kappa shape index (κ2) is 6.99. The van der Waals surface area contributed by atoms with Crippen molar-refractivity contribution in [1.82, 2.24) is 25.3 Å². The van der Waals surface area contributed by atoms with E-state index >= 15 is 0 Å². The van der Waals surface area contributed by atoms with Crippen LogP contribution in [0.25, 0.3) is 0 Å². The fraction of sp³-hybridized carbons (Fsp3) is 0.611. The number of nitrogens with zero attached hydrogens (tertiary/aromatic N) is 4. The van der Waals surface area contributed by atoms with Gasteiger partial charge in [-0.2, -0.15) is 4.98 Å². The van der Waals surface area contributed by atoms with Gasteiger partial charge in [0.05, 0.1) is 6.54 Å². The predicted molar refractivity (Wildman–Crippen MR) is 90.4 cm³/mol. The lowest BCUT2D eigenvalue weighted by Gasteiger charge is -2.32. The van der Waals surface area contributed by atoms with Crippen LogP contribution < -0.4 is 5.32 Å². The summed E-state index contributed by atoms with van der Waals surface area (Å²) in [5.74, 6) is 2.20. The quantitative estimate of drug-likeness (QED) is 0.879. The summed E-state index contributed by atoms with van der Waals surface area (Å²) in [6.07, 6.45) is 6.67. The lowest BCUT2D eigenvalue weighted by molar-refractivity contribution is 0.177. The SMILES string of the molecule is Cc1ncccc1CN[C@H]1CCCN(Cc2noc(C3CC3)n2)C1. The van der Waals surface area contributed by atoms with E-state index in [9.17, 15) is 0 Å². The monoisotopic (exact) mass is 327 g/mol. The topological polar surface area (TPSA) is 67.1 Å². The molecular formula is C18H25N5O. The van der Waals surface area contributed by atoms with E-state index in [-0.39, 0.29) is 0 Å². The smallest absolute Gasteiger partial charge is 0.229 e. The van der Waals surface area contributed by atoms with Gasteiger partial charge in [0, 0.05) is 36.9 Å². The first-order valence-corrected chi connectivity index (χ1v) is 8.96. The van der Waals surface area contributed by atoms with E-state index in [0.717, 1.165) is 43.6 Å². The van der Waals surface area contributed by atoms with Gasteiger partial charge >= 0.3 is 0 Å². The summed E-state index contributed by atoms with van der Waals surface area (Å²) in [6, 6.07) is 4.66. The van der Waals surface area contributed by atoms with Gasteiger partial charge in [-0.15, -0.1) is 0 Å². The maximum Gasteiger partial charge on any atom is 0.229 e. The normalized spacial score (nSPS) is 22.0. The van der Waals surface area contributed by atoms with Gasteiger partial charge in [-0.05, 0) is 50.8 Å². The molecule has 1 aliphatic heterocycles. The fourth-order valence-corrected chi connectivity index (χ4v) is 3.35. The highest BCUT2D eigenvalue weighted by atomic mass is 16.5. The van der Waals surface area contributed by atoms with Crippen LogP contribution in [0.15, 0.2) is 22.9 Å². The van der Waals surface area contributed by atoms with E-state index in [1.54, 1.807) is 0 Å². The summed E-state index contributed by atoms with van der Waals surface area (Å²) >= 11 is 0.